The molecule has 1 aliphatic carbocycles. The van der Waals surface area contributed by atoms with Gasteiger partial charge in [0.05, 0.1) is 6.04 Å². The Hall–Kier alpha value is -1.12. The fourth-order valence-corrected chi connectivity index (χ4v) is 1.38. The molecule has 0 bridgehead atoms. The summed E-state index contributed by atoms with van der Waals surface area (Å²) in [5, 5.41) is 3.01. The van der Waals surface area contributed by atoms with Crippen molar-refractivity contribution in [2.45, 2.75) is 25.1 Å². The molecular weight excluding hydrogens is 172 g/mol. The zero-order valence-electron chi connectivity index (χ0n) is 7.13. The lowest BCUT2D eigenvalue weighted by molar-refractivity contribution is 0.186. The van der Waals surface area contributed by atoms with Crippen molar-refractivity contribution in [3.05, 3.63) is 30.1 Å². The molecule has 1 nitrogen and oxygen atoms in total. The van der Waals surface area contributed by atoms with Crippen molar-refractivity contribution in [1.82, 2.24) is 0 Å². The summed E-state index contributed by atoms with van der Waals surface area (Å²) in [5.74, 6) is -0.268. The van der Waals surface area contributed by atoms with Crippen LogP contribution in [0.25, 0.3) is 0 Å². The first-order valence-corrected chi connectivity index (χ1v) is 4.42. The Morgan fingerprint density at radius 3 is 2.31 bits per heavy atom. The van der Waals surface area contributed by atoms with Gasteiger partial charge in [-0.1, -0.05) is 0 Å². The van der Waals surface area contributed by atoms with E-state index in [0.717, 1.165) is 12.1 Å². The zero-order valence-corrected chi connectivity index (χ0v) is 7.13. The Bertz CT molecular complexity index is 283. The summed E-state index contributed by atoms with van der Waals surface area (Å²) >= 11 is 0. The molecule has 1 saturated carbocycles. The van der Waals surface area contributed by atoms with E-state index in [1.165, 1.54) is 12.1 Å². The molecule has 1 aromatic carbocycles. The predicted octanol–water partition coefficient (Wildman–Crippen LogP) is 2.74. The van der Waals surface area contributed by atoms with Gasteiger partial charge in [-0.15, -0.1) is 0 Å². The molecule has 0 aliphatic heterocycles. The molecule has 0 saturated heterocycles. The molecule has 2 atom stereocenters. The van der Waals surface area contributed by atoms with E-state index >= 15 is 0 Å². The zero-order chi connectivity index (χ0) is 9.26. The van der Waals surface area contributed by atoms with Gasteiger partial charge in [0.25, 0.3) is 0 Å². The van der Waals surface area contributed by atoms with Crippen LogP contribution in [0.1, 0.15) is 12.8 Å². The van der Waals surface area contributed by atoms with Crippen molar-refractivity contribution in [2.75, 3.05) is 5.32 Å². The highest BCUT2D eigenvalue weighted by atomic mass is 19.1. The highest BCUT2D eigenvalue weighted by Gasteiger charge is 2.30. The monoisotopic (exact) mass is 183 g/mol. The lowest BCUT2D eigenvalue weighted by Crippen LogP contribution is -2.39. The molecule has 0 radical (unpaired) electrons. The van der Waals surface area contributed by atoms with Gasteiger partial charge < -0.3 is 5.32 Å². The summed E-state index contributed by atoms with van der Waals surface area (Å²) in [6.45, 7) is 0. The van der Waals surface area contributed by atoms with Crippen LogP contribution in [0.5, 0.6) is 0 Å². The van der Waals surface area contributed by atoms with Gasteiger partial charge in [0, 0.05) is 5.69 Å². The molecular formula is C10H11F2N. The highest BCUT2D eigenvalue weighted by Crippen LogP contribution is 2.26. The summed E-state index contributed by atoms with van der Waals surface area (Å²) in [7, 11) is 0. The van der Waals surface area contributed by atoms with Crippen LogP contribution in [0.3, 0.4) is 0 Å². The number of rotatable bonds is 2. The van der Waals surface area contributed by atoms with Gasteiger partial charge in [0.1, 0.15) is 12.0 Å². The quantitative estimate of drug-likeness (QED) is 0.743. The number of hydrogen-bond acceptors (Lipinski definition) is 1. The highest BCUT2D eigenvalue weighted by molar-refractivity contribution is 5.44. The van der Waals surface area contributed by atoms with Gasteiger partial charge in [-0.3, -0.25) is 0 Å². The SMILES string of the molecule is Fc1ccc(NC2CCC2F)cc1. The summed E-state index contributed by atoms with van der Waals surface area (Å²) in [5.41, 5.74) is 0.786. The molecule has 3 heteroatoms. The normalized spacial score (nSPS) is 26.6. The second-order valence-corrected chi connectivity index (χ2v) is 3.35. The Kier molecular flexibility index (Phi) is 2.17. The average molecular weight is 183 g/mol. The third kappa shape index (κ3) is 1.79. The lowest BCUT2D eigenvalue weighted by atomic mass is 9.90. The summed E-state index contributed by atoms with van der Waals surface area (Å²) in [6, 6.07) is 5.91. The Morgan fingerprint density at radius 1 is 1.15 bits per heavy atom. The molecule has 1 fully saturated rings. The number of halogens is 2. The van der Waals surface area contributed by atoms with E-state index in [0.29, 0.717) is 6.42 Å². The Labute approximate surface area is 75.8 Å². The van der Waals surface area contributed by atoms with Crippen molar-refractivity contribution < 1.29 is 8.78 Å². The van der Waals surface area contributed by atoms with E-state index in [9.17, 15) is 8.78 Å². The molecule has 1 aliphatic rings. The third-order valence-corrected chi connectivity index (χ3v) is 2.39. The molecule has 2 rings (SSSR count). The van der Waals surface area contributed by atoms with E-state index in [-0.39, 0.29) is 11.9 Å². The van der Waals surface area contributed by atoms with Crippen LogP contribution in [0.4, 0.5) is 14.5 Å². The van der Waals surface area contributed by atoms with Gasteiger partial charge >= 0.3 is 0 Å². The van der Waals surface area contributed by atoms with Gasteiger partial charge in [-0.2, -0.15) is 0 Å². The van der Waals surface area contributed by atoms with E-state index in [4.69, 9.17) is 0 Å². The minimum atomic E-state index is -0.745. The fourth-order valence-electron chi connectivity index (χ4n) is 1.38. The van der Waals surface area contributed by atoms with Crippen LogP contribution in [0.15, 0.2) is 24.3 Å². The molecule has 0 aromatic heterocycles. The molecule has 70 valence electrons. The molecule has 1 aromatic rings. The number of benzene rings is 1. The minimum absolute atomic E-state index is 0.0783. The number of anilines is 1. The first-order valence-electron chi connectivity index (χ1n) is 4.42. The van der Waals surface area contributed by atoms with Crippen molar-refractivity contribution in [3.8, 4) is 0 Å². The van der Waals surface area contributed by atoms with Crippen molar-refractivity contribution >= 4 is 5.69 Å². The van der Waals surface area contributed by atoms with Crippen LogP contribution >= 0.6 is 0 Å². The lowest BCUT2D eigenvalue weighted by Gasteiger charge is -2.31. The number of nitrogens with one attached hydrogen (secondary N) is 1. The van der Waals surface area contributed by atoms with E-state index in [1.54, 1.807) is 12.1 Å². The van der Waals surface area contributed by atoms with Gasteiger partial charge in [0.15, 0.2) is 0 Å². The summed E-state index contributed by atoms with van der Waals surface area (Å²) in [6.07, 6.45) is 0.752. The average Bonchev–Trinajstić information content (AvgIpc) is 2.15. The molecule has 2 unspecified atom stereocenters. The van der Waals surface area contributed by atoms with Gasteiger partial charge in [-0.05, 0) is 37.1 Å². The van der Waals surface area contributed by atoms with Crippen LogP contribution in [0, 0.1) is 5.82 Å². The van der Waals surface area contributed by atoms with Crippen LogP contribution in [-0.4, -0.2) is 12.2 Å². The predicted molar refractivity (Wildman–Crippen MR) is 47.9 cm³/mol. The maximum Gasteiger partial charge on any atom is 0.123 e. The second-order valence-electron chi connectivity index (χ2n) is 3.35. The maximum absolute atomic E-state index is 12.8. The number of hydrogen-bond donors (Lipinski definition) is 1. The molecule has 1 N–H and O–H groups in total. The number of alkyl halides is 1. The Balaban J connectivity index is 1.98. The van der Waals surface area contributed by atoms with Crippen LogP contribution in [-0.2, 0) is 0 Å². The van der Waals surface area contributed by atoms with Crippen LogP contribution in [0.2, 0.25) is 0 Å². The maximum atomic E-state index is 12.8. The van der Waals surface area contributed by atoms with Crippen molar-refractivity contribution in [2.24, 2.45) is 0 Å². The minimum Gasteiger partial charge on any atom is -0.379 e. The molecule has 0 spiro atoms. The van der Waals surface area contributed by atoms with Gasteiger partial charge in [0.2, 0.25) is 0 Å². The standard InChI is InChI=1S/C10H11F2N/c11-7-1-3-8(4-2-7)13-10-6-5-9(10)12/h1-4,9-10,13H,5-6H2. The molecule has 13 heavy (non-hydrogen) atoms. The van der Waals surface area contributed by atoms with E-state index < -0.39 is 6.17 Å². The Morgan fingerprint density at radius 2 is 1.85 bits per heavy atom. The third-order valence-electron chi connectivity index (χ3n) is 2.39. The first kappa shape index (κ1) is 8.48. The fraction of sp³-hybridized carbons (Fsp3) is 0.400. The van der Waals surface area contributed by atoms with Crippen molar-refractivity contribution in [1.29, 1.82) is 0 Å². The summed E-state index contributed by atoms with van der Waals surface area (Å²) in [4.78, 5) is 0. The van der Waals surface area contributed by atoms with E-state index in [2.05, 4.69) is 5.32 Å². The second kappa shape index (κ2) is 3.32. The largest absolute Gasteiger partial charge is 0.379 e. The topological polar surface area (TPSA) is 12.0 Å². The van der Waals surface area contributed by atoms with Crippen LogP contribution < -0.4 is 5.32 Å². The summed E-state index contributed by atoms with van der Waals surface area (Å²) < 4.78 is 25.3. The molecule has 0 heterocycles. The van der Waals surface area contributed by atoms with Crippen molar-refractivity contribution in [3.63, 3.8) is 0 Å². The smallest absolute Gasteiger partial charge is 0.123 e. The van der Waals surface area contributed by atoms with E-state index in [1.807, 2.05) is 0 Å². The molecule has 0 amide bonds. The first-order chi connectivity index (χ1) is 6.25. The van der Waals surface area contributed by atoms with Gasteiger partial charge in [-0.25, -0.2) is 8.78 Å².